The van der Waals surface area contributed by atoms with Crippen LogP contribution in [0.3, 0.4) is 0 Å². The minimum Gasteiger partial charge on any atom is -0.341 e. The molecule has 0 fully saturated rings. The van der Waals surface area contributed by atoms with Crippen molar-refractivity contribution in [3.05, 3.63) is 35.6 Å². The highest BCUT2D eigenvalue weighted by Gasteiger charge is 2.10. The minimum absolute atomic E-state index is 0.0123. The van der Waals surface area contributed by atoms with Crippen LogP contribution in [0.15, 0.2) is 24.3 Å². The zero-order valence-corrected chi connectivity index (χ0v) is 11.3. The van der Waals surface area contributed by atoms with Gasteiger partial charge in [0, 0.05) is 20.1 Å². The summed E-state index contributed by atoms with van der Waals surface area (Å²) in [7, 11) is -2.04. The summed E-state index contributed by atoms with van der Waals surface area (Å²) >= 11 is 0. The molecule has 1 aromatic carbocycles. The molecule has 1 rings (SSSR count). The molecule has 19 heavy (non-hydrogen) atoms. The molecular formula is C11H16FN3O3S. The Balaban J connectivity index is 2.38. The van der Waals surface area contributed by atoms with E-state index in [0.717, 1.165) is 0 Å². The number of hydrogen-bond donors (Lipinski definition) is 3. The number of carbonyl (C=O) groups is 1. The molecule has 0 heterocycles. The standard InChI is InChI=1S/C11H16FN3O3S/c1-13-11(16)14-6-7-19(17,18)15-8-9-2-4-10(12)5-3-9/h2-5,15H,6-8H2,1H3,(H2,13,14,16). The first-order valence-corrected chi connectivity index (χ1v) is 7.25. The van der Waals surface area contributed by atoms with E-state index in [-0.39, 0.29) is 24.7 Å². The summed E-state index contributed by atoms with van der Waals surface area (Å²) in [4.78, 5) is 10.8. The smallest absolute Gasteiger partial charge is 0.314 e. The fourth-order valence-corrected chi connectivity index (χ4v) is 2.16. The number of carbonyl (C=O) groups excluding carboxylic acids is 1. The van der Waals surface area contributed by atoms with Crippen LogP contribution in [-0.2, 0) is 16.6 Å². The van der Waals surface area contributed by atoms with Crippen LogP contribution in [0.2, 0.25) is 0 Å². The number of benzene rings is 1. The maximum atomic E-state index is 12.7. The molecule has 0 saturated heterocycles. The fraction of sp³-hybridized carbons (Fsp3) is 0.364. The van der Waals surface area contributed by atoms with Gasteiger partial charge in [-0.25, -0.2) is 22.3 Å². The molecule has 0 radical (unpaired) electrons. The Morgan fingerprint density at radius 1 is 1.26 bits per heavy atom. The Kier molecular flexibility index (Phi) is 5.71. The molecule has 106 valence electrons. The molecule has 0 atom stereocenters. The summed E-state index contributed by atoms with van der Waals surface area (Å²) in [5.74, 6) is -0.594. The molecule has 0 aliphatic heterocycles. The van der Waals surface area contributed by atoms with E-state index < -0.39 is 16.1 Å². The lowest BCUT2D eigenvalue weighted by atomic mass is 10.2. The fourth-order valence-electron chi connectivity index (χ4n) is 1.26. The number of rotatable bonds is 6. The zero-order chi connectivity index (χ0) is 14.3. The molecular weight excluding hydrogens is 273 g/mol. The second-order valence-corrected chi connectivity index (χ2v) is 5.70. The van der Waals surface area contributed by atoms with Gasteiger partial charge < -0.3 is 10.6 Å². The maximum Gasteiger partial charge on any atom is 0.314 e. The van der Waals surface area contributed by atoms with Crippen molar-refractivity contribution in [3.63, 3.8) is 0 Å². The van der Waals surface area contributed by atoms with Crippen molar-refractivity contribution in [2.24, 2.45) is 0 Å². The Labute approximate surface area is 111 Å². The first-order valence-electron chi connectivity index (χ1n) is 5.60. The summed E-state index contributed by atoms with van der Waals surface area (Å²) in [5.41, 5.74) is 0.657. The number of hydrogen-bond acceptors (Lipinski definition) is 3. The maximum absolute atomic E-state index is 12.7. The van der Waals surface area contributed by atoms with Gasteiger partial charge in [-0.2, -0.15) is 0 Å². The molecule has 2 amide bonds. The van der Waals surface area contributed by atoms with Gasteiger partial charge >= 0.3 is 6.03 Å². The van der Waals surface area contributed by atoms with E-state index in [2.05, 4.69) is 15.4 Å². The molecule has 0 aromatic heterocycles. The molecule has 3 N–H and O–H groups in total. The van der Waals surface area contributed by atoms with Crippen LogP contribution in [0.4, 0.5) is 9.18 Å². The average molecular weight is 289 g/mol. The Hall–Kier alpha value is -1.67. The number of sulfonamides is 1. The van der Waals surface area contributed by atoms with Crippen molar-refractivity contribution in [3.8, 4) is 0 Å². The topological polar surface area (TPSA) is 87.3 Å². The van der Waals surface area contributed by atoms with Gasteiger partial charge in [-0.15, -0.1) is 0 Å². The van der Waals surface area contributed by atoms with Crippen molar-refractivity contribution in [1.29, 1.82) is 0 Å². The van der Waals surface area contributed by atoms with E-state index in [0.29, 0.717) is 5.56 Å². The molecule has 1 aromatic rings. The molecule has 0 aliphatic rings. The van der Waals surface area contributed by atoms with E-state index >= 15 is 0 Å². The lowest BCUT2D eigenvalue weighted by Crippen LogP contribution is -2.38. The number of amides is 2. The van der Waals surface area contributed by atoms with Crippen LogP contribution in [-0.4, -0.2) is 33.8 Å². The van der Waals surface area contributed by atoms with E-state index in [4.69, 9.17) is 0 Å². The average Bonchev–Trinajstić information content (AvgIpc) is 2.38. The summed E-state index contributed by atoms with van der Waals surface area (Å²) in [6, 6.07) is 5.09. The largest absolute Gasteiger partial charge is 0.341 e. The van der Waals surface area contributed by atoms with Crippen LogP contribution < -0.4 is 15.4 Å². The number of urea groups is 1. The predicted octanol–water partition coefficient (Wildman–Crippen LogP) is 0.174. The minimum atomic E-state index is -3.48. The summed E-state index contributed by atoms with van der Waals surface area (Å²) in [5, 5.41) is 4.69. The lowest BCUT2D eigenvalue weighted by molar-refractivity contribution is 0.243. The molecule has 0 spiro atoms. The van der Waals surface area contributed by atoms with Crippen molar-refractivity contribution in [2.45, 2.75) is 6.54 Å². The van der Waals surface area contributed by atoms with Crippen LogP contribution in [0.5, 0.6) is 0 Å². The third-order valence-electron chi connectivity index (χ3n) is 2.29. The first-order chi connectivity index (χ1) is 8.93. The highest BCUT2D eigenvalue weighted by atomic mass is 32.2. The summed E-state index contributed by atoms with van der Waals surface area (Å²) in [6.07, 6.45) is 0. The Morgan fingerprint density at radius 3 is 2.47 bits per heavy atom. The van der Waals surface area contributed by atoms with Crippen LogP contribution in [0.1, 0.15) is 5.56 Å². The van der Waals surface area contributed by atoms with E-state index in [1.54, 1.807) is 0 Å². The molecule has 0 bridgehead atoms. The van der Waals surface area contributed by atoms with E-state index in [1.165, 1.54) is 31.3 Å². The predicted molar refractivity (Wildman–Crippen MR) is 69.5 cm³/mol. The van der Waals surface area contributed by atoms with E-state index in [1.807, 2.05) is 0 Å². The number of nitrogens with one attached hydrogen (secondary N) is 3. The first kappa shape index (κ1) is 15.4. The van der Waals surface area contributed by atoms with Crippen molar-refractivity contribution < 1.29 is 17.6 Å². The van der Waals surface area contributed by atoms with Crippen LogP contribution >= 0.6 is 0 Å². The summed E-state index contributed by atoms with van der Waals surface area (Å²) < 4.78 is 38.2. The molecule has 6 nitrogen and oxygen atoms in total. The second-order valence-electron chi connectivity index (χ2n) is 3.77. The Morgan fingerprint density at radius 2 is 1.89 bits per heavy atom. The zero-order valence-electron chi connectivity index (χ0n) is 10.4. The van der Waals surface area contributed by atoms with Crippen LogP contribution in [0.25, 0.3) is 0 Å². The van der Waals surface area contributed by atoms with Gasteiger partial charge in [0.2, 0.25) is 10.0 Å². The van der Waals surface area contributed by atoms with Crippen LogP contribution in [0, 0.1) is 5.82 Å². The highest BCUT2D eigenvalue weighted by Crippen LogP contribution is 2.02. The van der Waals surface area contributed by atoms with Gasteiger partial charge in [0.1, 0.15) is 5.82 Å². The Bertz CT molecular complexity index is 516. The lowest BCUT2D eigenvalue weighted by Gasteiger charge is -2.07. The van der Waals surface area contributed by atoms with Gasteiger partial charge in [-0.3, -0.25) is 0 Å². The molecule has 0 saturated carbocycles. The summed E-state index contributed by atoms with van der Waals surface area (Å²) in [6.45, 7) is 0.0982. The van der Waals surface area contributed by atoms with Gasteiger partial charge in [0.05, 0.1) is 5.75 Å². The third-order valence-corrected chi connectivity index (χ3v) is 3.62. The van der Waals surface area contributed by atoms with Gasteiger partial charge in [-0.05, 0) is 17.7 Å². The second kappa shape index (κ2) is 7.05. The van der Waals surface area contributed by atoms with Gasteiger partial charge in [0.25, 0.3) is 0 Å². The normalized spacial score (nSPS) is 11.1. The quantitative estimate of drug-likeness (QED) is 0.698. The van der Waals surface area contributed by atoms with Crippen molar-refractivity contribution >= 4 is 16.1 Å². The monoisotopic (exact) mass is 289 g/mol. The SMILES string of the molecule is CNC(=O)NCCS(=O)(=O)NCc1ccc(F)cc1. The third kappa shape index (κ3) is 6.16. The van der Waals surface area contributed by atoms with Crippen molar-refractivity contribution in [1.82, 2.24) is 15.4 Å². The number of halogens is 1. The van der Waals surface area contributed by atoms with Gasteiger partial charge in [-0.1, -0.05) is 12.1 Å². The highest BCUT2D eigenvalue weighted by molar-refractivity contribution is 7.89. The van der Waals surface area contributed by atoms with E-state index in [9.17, 15) is 17.6 Å². The molecule has 0 unspecified atom stereocenters. The van der Waals surface area contributed by atoms with Crippen molar-refractivity contribution in [2.75, 3.05) is 19.3 Å². The molecule has 8 heteroatoms. The molecule has 0 aliphatic carbocycles. The van der Waals surface area contributed by atoms with Gasteiger partial charge in [0.15, 0.2) is 0 Å².